The summed E-state index contributed by atoms with van der Waals surface area (Å²) in [7, 11) is -1.94. The zero-order valence-corrected chi connectivity index (χ0v) is 15.3. The molecule has 3 aromatic rings. The number of hydrogen-bond acceptors (Lipinski definition) is 7. The monoisotopic (exact) mass is 382 g/mol. The lowest BCUT2D eigenvalue weighted by Gasteiger charge is -2.08. The van der Waals surface area contributed by atoms with Gasteiger partial charge in [-0.2, -0.15) is 0 Å². The second-order valence-corrected chi connectivity index (χ2v) is 7.26. The van der Waals surface area contributed by atoms with E-state index in [4.69, 9.17) is 10.5 Å². The number of benzene rings is 2. The lowest BCUT2D eigenvalue weighted by atomic mass is 10.1. The fourth-order valence-corrected chi connectivity index (χ4v) is 3.01. The Kier molecular flexibility index (Phi) is 5.15. The summed E-state index contributed by atoms with van der Waals surface area (Å²) in [5.41, 5.74) is 3.01. The van der Waals surface area contributed by atoms with Gasteiger partial charge in [0.2, 0.25) is 16.0 Å². The number of aromatic nitrogens is 2. The number of primary sulfonamides is 1. The van der Waals surface area contributed by atoms with Gasteiger partial charge in [-0.1, -0.05) is 6.07 Å². The number of sulfonamides is 1. The standard InChI is InChI=1S/C18H18N6O2S/c1-21-10-14(9-19)12-2-7-17-13(8-12)11-22-18(24-17)23-15-3-5-16(6-4-15)27(20,25)26/h2-11,19,21H,1H3,(H2,20,25,26)(H,22,23,24)/b14-10+,19-9?. The summed E-state index contributed by atoms with van der Waals surface area (Å²) in [5, 5.41) is 19.4. The van der Waals surface area contributed by atoms with E-state index in [1.54, 1.807) is 31.6 Å². The molecule has 0 atom stereocenters. The summed E-state index contributed by atoms with van der Waals surface area (Å²) in [4.78, 5) is 8.78. The lowest BCUT2D eigenvalue weighted by molar-refractivity contribution is 0.598. The Labute approximate surface area is 156 Å². The molecule has 0 fully saturated rings. The van der Waals surface area contributed by atoms with Gasteiger partial charge < -0.3 is 16.0 Å². The van der Waals surface area contributed by atoms with Crippen LogP contribution >= 0.6 is 0 Å². The molecule has 1 heterocycles. The Morgan fingerprint density at radius 2 is 1.93 bits per heavy atom. The molecule has 0 spiro atoms. The molecule has 0 radical (unpaired) electrons. The van der Waals surface area contributed by atoms with E-state index < -0.39 is 10.0 Å². The zero-order valence-electron chi connectivity index (χ0n) is 14.5. The number of allylic oxidation sites excluding steroid dienone is 1. The van der Waals surface area contributed by atoms with Crippen LogP contribution in [0.3, 0.4) is 0 Å². The summed E-state index contributed by atoms with van der Waals surface area (Å²) in [5.74, 6) is 0.386. The molecule has 3 rings (SSSR count). The van der Waals surface area contributed by atoms with E-state index in [0.717, 1.165) is 22.0 Å². The first-order chi connectivity index (χ1) is 12.9. The van der Waals surface area contributed by atoms with Gasteiger partial charge in [0.1, 0.15) is 0 Å². The second-order valence-electron chi connectivity index (χ2n) is 5.69. The van der Waals surface area contributed by atoms with E-state index >= 15 is 0 Å². The number of anilines is 2. The highest BCUT2D eigenvalue weighted by Gasteiger charge is 2.08. The first-order valence-electron chi connectivity index (χ1n) is 7.95. The summed E-state index contributed by atoms with van der Waals surface area (Å²) in [6.45, 7) is 0. The highest BCUT2D eigenvalue weighted by Crippen LogP contribution is 2.21. The third-order valence-corrected chi connectivity index (χ3v) is 4.74. The molecule has 138 valence electrons. The molecule has 1 aromatic heterocycles. The Bertz CT molecular complexity index is 1120. The minimum Gasteiger partial charge on any atom is -0.393 e. The molecule has 0 aliphatic carbocycles. The largest absolute Gasteiger partial charge is 0.393 e. The van der Waals surface area contributed by atoms with E-state index in [0.29, 0.717) is 11.6 Å². The first-order valence-corrected chi connectivity index (χ1v) is 9.50. The van der Waals surface area contributed by atoms with Crippen LogP contribution in [-0.2, 0) is 10.0 Å². The normalized spacial score (nSPS) is 12.0. The maximum absolute atomic E-state index is 11.3. The Morgan fingerprint density at radius 3 is 2.56 bits per heavy atom. The number of rotatable bonds is 6. The predicted molar refractivity (Wildman–Crippen MR) is 106 cm³/mol. The molecule has 0 saturated heterocycles. The molecule has 5 N–H and O–H groups in total. The molecular formula is C18H18N6O2S. The van der Waals surface area contributed by atoms with E-state index in [9.17, 15) is 8.42 Å². The highest BCUT2D eigenvalue weighted by molar-refractivity contribution is 7.89. The van der Waals surface area contributed by atoms with Crippen molar-refractivity contribution in [2.75, 3.05) is 12.4 Å². The van der Waals surface area contributed by atoms with Crippen molar-refractivity contribution >= 4 is 44.3 Å². The molecule has 2 aromatic carbocycles. The van der Waals surface area contributed by atoms with Gasteiger partial charge in [-0.05, 0) is 42.0 Å². The molecule has 0 aliphatic rings. The number of hydrogen-bond donors (Lipinski definition) is 4. The van der Waals surface area contributed by atoms with Crippen LogP contribution in [0.15, 0.2) is 59.8 Å². The van der Waals surface area contributed by atoms with Crippen molar-refractivity contribution in [2.45, 2.75) is 4.90 Å². The van der Waals surface area contributed by atoms with Crippen LogP contribution in [0, 0.1) is 5.41 Å². The lowest BCUT2D eigenvalue weighted by Crippen LogP contribution is -2.11. The fourth-order valence-electron chi connectivity index (χ4n) is 2.49. The number of nitrogens with zero attached hydrogens (tertiary/aromatic N) is 2. The van der Waals surface area contributed by atoms with Crippen LogP contribution in [0.1, 0.15) is 5.56 Å². The minimum atomic E-state index is -3.72. The zero-order chi connectivity index (χ0) is 19.4. The van der Waals surface area contributed by atoms with Crippen LogP contribution in [0.25, 0.3) is 16.5 Å². The number of fused-ring (bicyclic) bond motifs is 1. The van der Waals surface area contributed by atoms with Gasteiger partial charge >= 0.3 is 0 Å². The topological polar surface area (TPSA) is 134 Å². The molecule has 0 saturated carbocycles. The summed E-state index contributed by atoms with van der Waals surface area (Å²) in [6.07, 6.45) is 4.71. The van der Waals surface area contributed by atoms with Crippen molar-refractivity contribution in [1.82, 2.24) is 15.3 Å². The molecule has 0 amide bonds. The van der Waals surface area contributed by atoms with Gasteiger partial charge in [0.05, 0.1) is 10.4 Å². The summed E-state index contributed by atoms with van der Waals surface area (Å²) >= 11 is 0. The van der Waals surface area contributed by atoms with Gasteiger partial charge in [0.15, 0.2) is 0 Å². The molecule has 0 aliphatic heterocycles. The maximum Gasteiger partial charge on any atom is 0.238 e. The Morgan fingerprint density at radius 1 is 1.19 bits per heavy atom. The van der Waals surface area contributed by atoms with E-state index in [1.807, 2.05) is 18.2 Å². The van der Waals surface area contributed by atoms with Crippen molar-refractivity contribution in [2.24, 2.45) is 5.14 Å². The van der Waals surface area contributed by atoms with Gasteiger partial charge in [0.25, 0.3) is 0 Å². The number of nitrogens with two attached hydrogens (primary N) is 1. The maximum atomic E-state index is 11.3. The first kappa shape index (κ1) is 18.5. The second kappa shape index (κ2) is 7.52. The molecule has 27 heavy (non-hydrogen) atoms. The highest BCUT2D eigenvalue weighted by atomic mass is 32.2. The number of nitrogens with one attached hydrogen (secondary N) is 3. The van der Waals surface area contributed by atoms with Crippen molar-refractivity contribution in [1.29, 1.82) is 5.41 Å². The fraction of sp³-hybridized carbons (Fsp3) is 0.0556. The van der Waals surface area contributed by atoms with Crippen molar-refractivity contribution in [3.63, 3.8) is 0 Å². The van der Waals surface area contributed by atoms with Gasteiger partial charge in [-0.25, -0.2) is 23.5 Å². The van der Waals surface area contributed by atoms with Gasteiger partial charge in [-0.3, -0.25) is 0 Å². The molecule has 9 heteroatoms. The molecule has 0 unspecified atom stereocenters. The molecule has 0 bridgehead atoms. The SMILES string of the molecule is CN/C=C(\C=N)c1ccc2nc(Nc3ccc(S(N)(=O)=O)cc3)ncc2c1. The van der Waals surface area contributed by atoms with Crippen molar-refractivity contribution in [3.05, 3.63) is 60.4 Å². The van der Waals surface area contributed by atoms with Gasteiger partial charge in [-0.15, -0.1) is 0 Å². The van der Waals surface area contributed by atoms with Crippen molar-refractivity contribution < 1.29 is 8.42 Å². The van der Waals surface area contributed by atoms with Crippen LogP contribution in [0.5, 0.6) is 0 Å². The average Bonchev–Trinajstić information content (AvgIpc) is 2.65. The predicted octanol–water partition coefficient (Wildman–Crippen LogP) is 2.23. The molecule has 8 nitrogen and oxygen atoms in total. The Hall–Kier alpha value is -3.30. The van der Waals surface area contributed by atoms with E-state index in [-0.39, 0.29) is 4.90 Å². The average molecular weight is 382 g/mol. The quantitative estimate of drug-likeness (QED) is 0.483. The van der Waals surface area contributed by atoms with Gasteiger partial charge in [0, 0.05) is 42.3 Å². The summed E-state index contributed by atoms with van der Waals surface area (Å²) in [6, 6.07) is 11.7. The van der Waals surface area contributed by atoms with Crippen LogP contribution in [0.2, 0.25) is 0 Å². The Balaban J connectivity index is 1.86. The third-order valence-electron chi connectivity index (χ3n) is 3.81. The third kappa shape index (κ3) is 4.27. The smallest absolute Gasteiger partial charge is 0.238 e. The van der Waals surface area contributed by atoms with Crippen LogP contribution in [0.4, 0.5) is 11.6 Å². The van der Waals surface area contributed by atoms with Crippen molar-refractivity contribution in [3.8, 4) is 0 Å². The van der Waals surface area contributed by atoms with Crippen LogP contribution in [-0.4, -0.2) is 31.6 Å². The van der Waals surface area contributed by atoms with E-state index in [2.05, 4.69) is 20.6 Å². The summed E-state index contributed by atoms with van der Waals surface area (Å²) < 4.78 is 22.6. The molecular weight excluding hydrogens is 364 g/mol. The van der Waals surface area contributed by atoms with E-state index in [1.165, 1.54) is 18.3 Å². The van der Waals surface area contributed by atoms with Crippen LogP contribution < -0.4 is 15.8 Å². The minimum absolute atomic E-state index is 0.0386.